The van der Waals surface area contributed by atoms with Gasteiger partial charge in [-0.25, -0.2) is 9.97 Å². The number of para-hydroxylation sites is 1. The van der Waals surface area contributed by atoms with Crippen molar-refractivity contribution in [1.82, 2.24) is 19.4 Å². The lowest BCUT2D eigenvalue weighted by Crippen LogP contribution is -2.29. The van der Waals surface area contributed by atoms with Crippen LogP contribution in [-0.4, -0.2) is 60.8 Å². The van der Waals surface area contributed by atoms with E-state index in [1.165, 1.54) is 23.7 Å². The third kappa shape index (κ3) is 4.56. The van der Waals surface area contributed by atoms with E-state index in [-0.39, 0.29) is 0 Å². The minimum Gasteiger partial charge on any atom is -0.494 e. The molecule has 36 heavy (non-hydrogen) atoms. The summed E-state index contributed by atoms with van der Waals surface area (Å²) >= 11 is 0. The molecular formula is C28H35N7O. The van der Waals surface area contributed by atoms with E-state index in [0.29, 0.717) is 28.5 Å². The second-order valence-electron chi connectivity index (χ2n) is 9.95. The number of aromatic nitrogens is 3. The Morgan fingerprint density at radius 2 is 1.83 bits per heavy atom. The monoisotopic (exact) mass is 485 g/mol. The summed E-state index contributed by atoms with van der Waals surface area (Å²) in [6.45, 7) is 2.72. The van der Waals surface area contributed by atoms with Gasteiger partial charge >= 0.3 is 0 Å². The summed E-state index contributed by atoms with van der Waals surface area (Å²) in [6.07, 6.45) is 6.60. The molecule has 188 valence electrons. The van der Waals surface area contributed by atoms with Crippen LogP contribution < -0.4 is 21.1 Å². The third-order valence-corrected chi connectivity index (χ3v) is 6.96. The highest BCUT2D eigenvalue weighted by atomic mass is 16.5. The summed E-state index contributed by atoms with van der Waals surface area (Å²) in [5.41, 5.74) is 18.8. The van der Waals surface area contributed by atoms with Crippen molar-refractivity contribution in [1.29, 1.82) is 0 Å². The van der Waals surface area contributed by atoms with Gasteiger partial charge in [0.05, 0.1) is 35.4 Å². The van der Waals surface area contributed by atoms with Crippen molar-refractivity contribution in [2.45, 2.75) is 19.4 Å². The summed E-state index contributed by atoms with van der Waals surface area (Å²) in [7, 11) is 7.72. The molecule has 4 N–H and O–H groups in total. The molecule has 0 bridgehead atoms. The maximum absolute atomic E-state index is 6.72. The SMILES string of the molecule is COc1cc(N(C)CCN(C)C)c(N)c(-c2nccc(-c3cn(CC4CC4)c4ccccc34)n2)c1N. The van der Waals surface area contributed by atoms with Gasteiger partial charge < -0.3 is 30.6 Å². The van der Waals surface area contributed by atoms with E-state index in [1.807, 2.05) is 33.3 Å². The first-order valence-electron chi connectivity index (χ1n) is 12.4. The fraction of sp³-hybridized carbons (Fsp3) is 0.357. The summed E-state index contributed by atoms with van der Waals surface area (Å²) in [4.78, 5) is 13.8. The predicted octanol–water partition coefficient (Wildman–Crippen LogP) is 4.35. The molecule has 8 nitrogen and oxygen atoms in total. The van der Waals surface area contributed by atoms with Gasteiger partial charge in [-0.1, -0.05) is 18.2 Å². The summed E-state index contributed by atoms with van der Waals surface area (Å²) < 4.78 is 7.98. The smallest absolute Gasteiger partial charge is 0.164 e. The Morgan fingerprint density at radius 1 is 1.06 bits per heavy atom. The Balaban J connectivity index is 1.60. The van der Waals surface area contributed by atoms with Gasteiger partial charge in [0.2, 0.25) is 0 Å². The number of hydrogen-bond donors (Lipinski definition) is 2. The highest BCUT2D eigenvalue weighted by molar-refractivity contribution is 5.97. The van der Waals surface area contributed by atoms with E-state index < -0.39 is 0 Å². The first kappa shape index (κ1) is 23.9. The van der Waals surface area contributed by atoms with Crippen molar-refractivity contribution in [2.24, 2.45) is 5.92 Å². The molecule has 0 amide bonds. The highest BCUT2D eigenvalue weighted by Gasteiger charge is 2.24. The summed E-state index contributed by atoms with van der Waals surface area (Å²) in [6, 6.07) is 12.3. The molecule has 0 spiro atoms. The van der Waals surface area contributed by atoms with Crippen LogP contribution in [0.4, 0.5) is 17.1 Å². The molecule has 2 aromatic carbocycles. The second-order valence-corrected chi connectivity index (χ2v) is 9.95. The molecule has 1 aliphatic carbocycles. The van der Waals surface area contributed by atoms with Gasteiger partial charge in [0.25, 0.3) is 0 Å². The van der Waals surface area contributed by atoms with Crippen LogP contribution in [0.5, 0.6) is 5.75 Å². The molecule has 2 aromatic heterocycles. The lowest BCUT2D eigenvalue weighted by molar-refractivity contribution is 0.414. The van der Waals surface area contributed by atoms with Gasteiger partial charge in [0.1, 0.15) is 5.75 Å². The van der Waals surface area contributed by atoms with Crippen LogP contribution in [-0.2, 0) is 6.54 Å². The van der Waals surface area contributed by atoms with E-state index in [1.54, 1.807) is 13.3 Å². The fourth-order valence-corrected chi connectivity index (χ4v) is 4.68. The largest absolute Gasteiger partial charge is 0.494 e. The molecule has 0 radical (unpaired) electrons. The number of methoxy groups -OCH3 is 1. The lowest BCUT2D eigenvalue weighted by atomic mass is 10.1. The van der Waals surface area contributed by atoms with E-state index >= 15 is 0 Å². The molecule has 0 saturated heterocycles. The maximum Gasteiger partial charge on any atom is 0.164 e. The number of fused-ring (bicyclic) bond motifs is 1. The van der Waals surface area contributed by atoms with Crippen LogP contribution in [0.25, 0.3) is 33.5 Å². The number of ether oxygens (including phenoxy) is 1. The molecule has 1 fully saturated rings. The Hall–Kier alpha value is -3.78. The Bertz CT molecular complexity index is 1390. The molecule has 4 aromatic rings. The first-order valence-corrected chi connectivity index (χ1v) is 12.4. The number of likely N-dealkylation sites (N-methyl/N-ethyl adjacent to an activating group) is 2. The van der Waals surface area contributed by atoms with E-state index in [9.17, 15) is 0 Å². The van der Waals surface area contributed by atoms with Gasteiger partial charge in [0.15, 0.2) is 5.82 Å². The van der Waals surface area contributed by atoms with Gasteiger partial charge in [-0.2, -0.15) is 0 Å². The number of anilines is 3. The number of rotatable bonds is 9. The summed E-state index contributed by atoms with van der Waals surface area (Å²) in [5.74, 6) is 1.82. The van der Waals surface area contributed by atoms with Crippen molar-refractivity contribution < 1.29 is 4.74 Å². The Morgan fingerprint density at radius 3 is 2.56 bits per heavy atom. The standard InChI is InChI=1S/C28H35N7O/c1-33(2)13-14-34(3)23-15-24(36-4)27(30)25(26(23)29)28-31-12-11-21(32-28)20-17-35(16-18-9-10-18)22-8-6-5-7-19(20)22/h5-8,11-12,15,17-18H,9-10,13-14,16,29-30H2,1-4H3. The Kier molecular flexibility index (Phi) is 6.45. The number of hydrogen-bond acceptors (Lipinski definition) is 7. The molecule has 1 saturated carbocycles. The Labute approximate surface area is 212 Å². The van der Waals surface area contributed by atoms with Crippen LogP contribution in [0.3, 0.4) is 0 Å². The van der Waals surface area contributed by atoms with Crippen molar-refractivity contribution in [3.8, 4) is 28.4 Å². The molecule has 0 atom stereocenters. The molecule has 2 heterocycles. The van der Waals surface area contributed by atoms with Crippen LogP contribution in [0.1, 0.15) is 12.8 Å². The summed E-state index contributed by atoms with van der Waals surface area (Å²) in [5, 5.41) is 1.18. The van der Waals surface area contributed by atoms with Gasteiger partial charge in [0, 0.05) is 61.6 Å². The van der Waals surface area contributed by atoms with E-state index in [0.717, 1.165) is 42.5 Å². The molecule has 5 rings (SSSR count). The van der Waals surface area contributed by atoms with Crippen molar-refractivity contribution in [3.63, 3.8) is 0 Å². The number of benzene rings is 2. The van der Waals surface area contributed by atoms with Gasteiger partial charge in [-0.05, 0) is 45.0 Å². The van der Waals surface area contributed by atoms with Crippen LogP contribution >= 0.6 is 0 Å². The van der Waals surface area contributed by atoms with E-state index in [4.69, 9.17) is 21.2 Å². The second kappa shape index (κ2) is 9.70. The zero-order valence-electron chi connectivity index (χ0n) is 21.5. The van der Waals surface area contributed by atoms with Crippen molar-refractivity contribution >= 4 is 28.0 Å². The minimum atomic E-state index is 0.438. The lowest BCUT2D eigenvalue weighted by Gasteiger charge is -2.25. The fourth-order valence-electron chi connectivity index (χ4n) is 4.68. The zero-order chi connectivity index (χ0) is 25.4. The van der Waals surface area contributed by atoms with Crippen molar-refractivity contribution in [2.75, 3.05) is 57.7 Å². The molecule has 1 aliphatic rings. The molecule has 0 unspecified atom stereocenters. The first-order chi connectivity index (χ1) is 17.4. The van der Waals surface area contributed by atoms with Gasteiger partial charge in [-0.3, -0.25) is 0 Å². The topological polar surface area (TPSA) is 98.5 Å². The minimum absolute atomic E-state index is 0.438. The van der Waals surface area contributed by atoms with Crippen LogP contribution in [0, 0.1) is 5.92 Å². The average molecular weight is 486 g/mol. The van der Waals surface area contributed by atoms with Crippen LogP contribution in [0.15, 0.2) is 48.8 Å². The number of nitrogens with zero attached hydrogens (tertiary/aromatic N) is 5. The molecule has 8 heteroatoms. The quantitative estimate of drug-likeness (QED) is 0.340. The molecule has 0 aliphatic heterocycles. The maximum atomic E-state index is 6.72. The average Bonchev–Trinajstić information content (AvgIpc) is 3.62. The van der Waals surface area contributed by atoms with Gasteiger partial charge in [-0.15, -0.1) is 0 Å². The number of nitrogens with two attached hydrogens (primary N) is 2. The highest BCUT2D eigenvalue weighted by Crippen LogP contribution is 2.43. The predicted molar refractivity (Wildman–Crippen MR) is 148 cm³/mol. The molecular weight excluding hydrogens is 450 g/mol. The van der Waals surface area contributed by atoms with Crippen molar-refractivity contribution in [3.05, 3.63) is 48.8 Å². The number of nitrogen functional groups attached to an aromatic ring is 2. The normalized spacial score (nSPS) is 13.5. The van der Waals surface area contributed by atoms with E-state index in [2.05, 4.69) is 49.8 Å². The zero-order valence-corrected chi connectivity index (χ0v) is 21.5. The third-order valence-electron chi connectivity index (χ3n) is 6.96. The van der Waals surface area contributed by atoms with Crippen LogP contribution in [0.2, 0.25) is 0 Å².